The second-order valence-electron chi connectivity index (χ2n) is 3.72. The summed E-state index contributed by atoms with van der Waals surface area (Å²) in [6.45, 7) is 3.99. The standard InChI is InChI=1S/C11H18ClN3/c1-4-5-13-7-9-6-10(12)11(14-8-9)15(2)3/h6,8,13H,4-5,7H2,1-3H3. The van der Waals surface area contributed by atoms with Crippen LogP contribution in [-0.2, 0) is 6.54 Å². The molecule has 15 heavy (non-hydrogen) atoms. The zero-order chi connectivity index (χ0) is 11.3. The Hall–Kier alpha value is -0.800. The molecule has 1 aromatic rings. The Bertz CT molecular complexity index is 313. The third-order valence-corrected chi connectivity index (χ3v) is 2.34. The van der Waals surface area contributed by atoms with E-state index in [2.05, 4.69) is 17.2 Å². The molecule has 1 aromatic heterocycles. The van der Waals surface area contributed by atoms with Crippen LogP contribution in [0.25, 0.3) is 0 Å². The number of anilines is 1. The summed E-state index contributed by atoms with van der Waals surface area (Å²) in [6.07, 6.45) is 3.00. The van der Waals surface area contributed by atoms with Crippen molar-refractivity contribution in [1.82, 2.24) is 10.3 Å². The number of halogens is 1. The van der Waals surface area contributed by atoms with Crippen LogP contribution in [0.1, 0.15) is 18.9 Å². The monoisotopic (exact) mass is 227 g/mol. The largest absolute Gasteiger partial charge is 0.362 e. The normalized spacial score (nSPS) is 10.4. The molecule has 1 heterocycles. The van der Waals surface area contributed by atoms with Gasteiger partial charge in [0.2, 0.25) is 0 Å². The van der Waals surface area contributed by atoms with Crippen LogP contribution in [0.2, 0.25) is 5.02 Å². The van der Waals surface area contributed by atoms with Gasteiger partial charge in [0.25, 0.3) is 0 Å². The quantitative estimate of drug-likeness (QED) is 0.783. The van der Waals surface area contributed by atoms with Gasteiger partial charge in [0.15, 0.2) is 0 Å². The van der Waals surface area contributed by atoms with Crippen LogP contribution in [0.4, 0.5) is 5.82 Å². The first-order valence-electron chi connectivity index (χ1n) is 5.17. The van der Waals surface area contributed by atoms with E-state index in [1.54, 1.807) is 0 Å². The fraction of sp³-hybridized carbons (Fsp3) is 0.545. The van der Waals surface area contributed by atoms with Crippen molar-refractivity contribution in [2.75, 3.05) is 25.5 Å². The van der Waals surface area contributed by atoms with Crippen molar-refractivity contribution < 1.29 is 0 Å². The van der Waals surface area contributed by atoms with Crippen molar-refractivity contribution in [2.24, 2.45) is 0 Å². The van der Waals surface area contributed by atoms with Crippen molar-refractivity contribution in [2.45, 2.75) is 19.9 Å². The Morgan fingerprint density at radius 1 is 1.47 bits per heavy atom. The highest BCUT2D eigenvalue weighted by Crippen LogP contribution is 2.21. The van der Waals surface area contributed by atoms with Gasteiger partial charge in [-0.2, -0.15) is 0 Å². The van der Waals surface area contributed by atoms with Crippen LogP contribution in [0.3, 0.4) is 0 Å². The number of nitrogens with zero attached hydrogens (tertiary/aromatic N) is 2. The van der Waals surface area contributed by atoms with Gasteiger partial charge in [-0.15, -0.1) is 0 Å². The fourth-order valence-electron chi connectivity index (χ4n) is 1.31. The summed E-state index contributed by atoms with van der Waals surface area (Å²) < 4.78 is 0. The Morgan fingerprint density at radius 2 is 2.20 bits per heavy atom. The number of hydrogen-bond acceptors (Lipinski definition) is 3. The zero-order valence-corrected chi connectivity index (χ0v) is 10.3. The average Bonchev–Trinajstić information content (AvgIpc) is 2.17. The molecule has 0 atom stereocenters. The molecule has 0 saturated heterocycles. The zero-order valence-electron chi connectivity index (χ0n) is 9.55. The summed E-state index contributed by atoms with van der Waals surface area (Å²) in [7, 11) is 3.87. The van der Waals surface area contributed by atoms with E-state index in [0.717, 1.165) is 30.9 Å². The van der Waals surface area contributed by atoms with Crippen molar-refractivity contribution in [1.29, 1.82) is 0 Å². The lowest BCUT2D eigenvalue weighted by molar-refractivity contribution is 0.674. The van der Waals surface area contributed by atoms with Crippen LogP contribution in [0.5, 0.6) is 0 Å². The molecule has 0 fully saturated rings. The highest BCUT2D eigenvalue weighted by molar-refractivity contribution is 6.33. The smallest absolute Gasteiger partial charge is 0.146 e. The van der Waals surface area contributed by atoms with Gasteiger partial charge in [0.1, 0.15) is 5.82 Å². The van der Waals surface area contributed by atoms with Gasteiger partial charge in [0.05, 0.1) is 5.02 Å². The molecule has 0 amide bonds. The average molecular weight is 228 g/mol. The predicted molar refractivity (Wildman–Crippen MR) is 65.6 cm³/mol. The van der Waals surface area contributed by atoms with Gasteiger partial charge in [-0.1, -0.05) is 18.5 Å². The van der Waals surface area contributed by atoms with E-state index in [4.69, 9.17) is 11.6 Å². The number of nitrogens with one attached hydrogen (secondary N) is 1. The molecule has 4 heteroatoms. The third-order valence-electron chi connectivity index (χ3n) is 2.06. The van der Waals surface area contributed by atoms with Crippen LogP contribution >= 0.6 is 11.6 Å². The summed E-state index contributed by atoms with van der Waals surface area (Å²) in [5, 5.41) is 4.02. The second-order valence-corrected chi connectivity index (χ2v) is 4.13. The van der Waals surface area contributed by atoms with Crippen LogP contribution in [0, 0.1) is 0 Å². The van der Waals surface area contributed by atoms with Crippen molar-refractivity contribution in [3.05, 3.63) is 22.8 Å². The van der Waals surface area contributed by atoms with Crippen molar-refractivity contribution >= 4 is 17.4 Å². The first-order chi connectivity index (χ1) is 7.15. The molecule has 0 radical (unpaired) electrons. The summed E-state index contributed by atoms with van der Waals surface area (Å²) in [5.74, 6) is 0.816. The van der Waals surface area contributed by atoms with E-state index >= 15 is 0 Å². The first kappa shape index (κ1) is 12.3. The van der Waals surface area contributed by atoms with Gasteiger partial charge >= 0.3 is 0 Å². The minimum absolute atomic E-state index is 0.704. The summed E-state index contributed by atoms with van der Waals surface area (Å²) >= 11 is 6.11. The van der Waals surface area contributed by atoms with Gasteiger partial charge in [-0.3, -0.25) is 0 Å². The molecule has 0 aliphatic heterocycles. The van der Waals surface area contributed by atoms with Crippen molar-refractivity contribution in [3.8, 4) is 0 Å². The third kappa shape index (κ3) is 3.68. The minimum atomic E-state index is 0.704. The highest BCUT2D eigenvalue weighted by atomic mass is 35.5. The Labute approximate surface area is 96.5 Å². The molecular weight excluding hydrogens is 210 g/mol. The van der Waals surface area contributed by atoms with Gasteiger partial charge < -0.3 is 10.2 Å². The lowest BCUT2D eigenvalue weighted by Gasteiger charge is -2.13. The molecule has 0 spiro atoms. The SMILES string of the molecule is CCCNCc1cnc(N(C)C)c(Cl)c1. The van der Waals surface area contributed by atoms with E-state index in [1.807, 2.05) is 31.3 Å². The highest BCUT2D eigenvalue weighted by Gasteiger charge is 2.04. The number of hydrogen-bond donors (Lipinski definition) is 1. The molecule has 0 saturated carbocycles. The molecule has 0 bridgehead atoms. The maximum Gasteiger partial charge on any atom is 0.146 e. The molecule has 1 rings (SSSR count). The minimum Gasteiger partial charge on any atom is -0.362 e. The summed E-state index contributed by atoms with van der Waals surface area (Å²) in [4.78, 5) is 6.22. The molecule has 3 nitrogen and oxygen atoms in total. The van der Waals surface area contributed by atoms with E-state index in [9.17, 15) is 0 Å². The first-order valence-corrected chi connectivity index (χ1v) is 5.55. The molecule has 84 valence electrons. The molecule has 0 aliphatic rings. The summed E-state index contributed by atoms with van der Waals surface area (Å²) in [6, 6.07) is 1.96. The molecular formula is C11H18ClN3. The van der Waals surface area contributed by atoms with Gasteiger partial charge in [-0.05, 0) is 24.6 Å². The number of aromatic nitrogens is 1. The van der Waals surface area contributed by atoms with E-state index in [-0.39, 0.29) is 0 Å². The number of rotatable bonds is 5. The fourth-order valence-corrected chi connectivity index (χ4v) is 1.66. The molecule has 0 aliphatic carbocycles. The number of pyridine rings is 1. The molecule has 0 unspecified atom stereocenters. The van der Waals surface area contributed by atoms with E-state index in [1.165, 1.54) is 0 Å². The topological polar surface area (TPSA) is 28.2 Å². The predicted octanol–water partition coefficient (Wildman–Crippen LogP) is 2.30. The Morgan fingerprint density at radius 3 is 2.73 bits per heavy atom. The maximum atomic E-state index is 6.11. The van der Waals surface area contributed by atoms with E-state index in [0.29, 0.717) is 5.02 Å². The van der Waals surface area contributed by atoms with Gasteiger partial charge in [-0.25, -0.2) is 4.98 Å². The Balaban J connectivity index is 2.65. The van der Waals surface area contributed by atoms with Crippen LogP contribution in [0.15, 0.2) is 12.3 Å². The lowest BCUT2D eigenvalue weighted by atomic mass is 10.2. The molecule has 0 aromatic carbocycles. The summed E-state index contributed by atoms with van der Waals surface area (Å²) in [5.41, 5.74) is 1.12. The van der Waals surface area contributed by atoms with Crippen LogP contribution < -0.4 is 10.2 Å². The Kier molecular flexibility index (Phi) is 4.85. The van der Waals surface area contributed by atoms with E-state index < -0.39 is 0 Å². The van der Waals surface area contributed by atoms with Crippen LogP contribution in [-0.4, -0.2) is 25.6 Å². The maximum absolute atomic E-state index is 6.11. The lowest BCUT2D eigenvalue weighted by Crippen LogP contribution is -2.15. The van der Waals surface area contributed by atoms with Crippen molar-refractivity contribution in [3.63, 3.8) is 0 Å². The van der Waals surface area contributed by atoms with Gasteiger partial charge in [0, 0.05) is 26.8 Å². The molecule has 1 N–H and O–H groups in total. The second kappa shape index (κ2) is 5.93.